The first kappa shape index (κ1) is 17.0. The van der Waals surface area contributed by atoms with Crippen molar-refractivity contribution in [2.45, 2.75) is 26.4 Å². The lowest BCUT2D eigenvalue weighted by Gasteiger charge is -2.27. The van der Waals surface area contributed by atoms with Crippen molar-refractivity contribution in [2.75, 3.05) is 20.3 Å². The molecule has 1 rings (SSSR count). The van der Waals surface area contributed by atoms with E-state index in [1.165, 1.54) is 11.8 Å². The van der Waals surface area contributed by atoms with Crippen molar-refractivity contribution in [3.05, 3.63) is 29.8 Å². The van der Waals surface area contributed by atoms with Crippen LogP contribution < -0.4 is 10.1 Å². The lowest BCUT2D eigenvalue weighted by molar-refractivity contribution is -0.139. The standard InChI is InChI=1S/C15H22N2O4/c1-11(15(20)16-8-9-18)17(12(2)19)10-13-4-6-14(21-3)7-5-13/h4-7,11,18H,8-10H2,1-3H3,(H,16,20)/t11-/m0/s1. The van der Waals surface area contributed by atoms with Gasteiger partial charge in [0.1, 0.15) is 11.8 Å². The maximum atomic E-state index is 11.9. The van der Waals surface area contributed by atoms with Gasteiger partial charge in [0.05, 0.1) is 13.7 Å². The first-order valence-corrected chi connectivity index (χ1v) is 6.78. The molecule has 0 fully saturated rings. The molecule has 1 aromatic carbocycles. The van der Waals surface area contributed by atoms with Gasteiger partial charge in [-0.2, -0.15) is 0 Å². The van der Waals surface area contributed by atoms with E-state index >= 15 is 0 Å². The number of carbonyl (C=O) groups excluding carboxylic acids is 2. The maximum Gasteiger partial charge on any atom is 0.242 e. The number of rotatable bonds is 7. The van der Waals surface area contributed by atoms with Crippen LogP contribution in [0.4, 0.5) is 0 Å². The normalized spacial score (nSPS) is 11.6. The fourth-order valence-corrected chi connectivity index (χ4v) is 1.92. The fourth-order valence-electron chi connectivity index (χ4n) is 1.92. The monoisotopic (exact) mass is 294 g/mol. The summed E-state index contributed by atoms with van der Waals surface area (Å²) in [6.45, 7) is 3.48. The lowest BCUT2D eigenvalue weighted by Crippen LogP contribution is -2.47. The molecule has 0 aliphatic heterocycles. The largest absolute Gasteiger partial charge is 0.497 e. The number of hydrogen-bond donors (Lipinski definition) is 2. The number of aliphatic hydroxyl groups is 1. The minimum absolute atomic E-state index is 0.128. The molecule has 0 radical (unpaired) electrons. The molecule has 0 heterocycles. The summed E-state index contributed by atoms with van der Waals surface area (Å²) in [5.74, 6) is 0.270. The van der Waals surface area contributed by atoms with Gasteiger partial charge < -0.3 is 20.1 Å². The zero-order valence-electron chi connectivity index (χ0n) is 12.6. The van der Waals surface area contributed by atoms with Crippen molar-refractivity contribution in [3.63, 3.8) is 0 Å². The van der Waals surface area contributed by atoms with Gasteiger partial charge in [-0.15, -0.1) is 0 Å². The van der Waals surface area contributed by atoms with E-state index in [2.05, 4.69) is 5.32 Å². The molecule has 116 valence electrons. The summed E-state index contributed by atoms with van der Waals surface area (Å²) in [4.78, 5) is 25.1. The topological polar surface area (TPSA) is 78.9 Å². The van der Waals surface area contributed by atoms with Gasteiger partial charge in [-0.3, -0.25) is 9.59 Å². The molecule has 0 aliphatic carbocycles. The summed E-state index contributed by atoms with van der Waals surface area (Å²) in [7, 11) is 1.59. The smallest absolute Gasteiger partial charge is 0.242 e. The van der Waals surface area contributed by atoms with E-state index in [1.54, 1.807) is 14.0 Å². The van der Waals surface area contributed by atoms with Crippen molar-refractivity contribution in [3.8, 4) is 5.75 Å². The van der Waals surface area contributed by atoms with Crippen LogP contribution in [-0.2, 0) is 16.1 Å². The van der Waals surface area contributed by atoms with Gasteiger partial charge in [-0.05, 0) is 24.6 Å². The second kappa shape index (κ2) is 8.26. The zero-order valence-corrected chi connectivity index (χ0v) is 12.6. The van der Waals surface area contributed by atoms with Gasteiger partial charge in [0.2, 0.25) is 11.8 Å². The van der Waals surface area contributed by atoms with Gasteiger partial charge in [-0.1, -0.05) is 12.1 Å². The van der Waals surface area contributed by atoms with E-state index in [0.717, 1.165) is 11.3 Å². The molecule has 2 N–H and O–H groups in total. The minimum atomic E-state index is -0.601. The maximum absolute atomic E-state index is 11.9. The molecule has 6 nitrogen and oxygen atoms in total. The Bertz CT molecular complexity index is 473. The third kappa shape index (κ3) is 5.07. The molecular weight excluding hydrogens is 272 g/mol. The summed E-state index contributed by atoms with van der Waals surface area (Å²) < 4.78 is 5.08. The van der Waals surface area contributed by atoms with Gasteiger partial charge in [0.15, 0.2) is 0 Å². The molecule has 1 aromatic rings. The number of hydrogen-bond acceptors (Lipinski definition) is 4. The summed E-state index contributed by atoms with van der Waals surface area (Å²) in [6, 6.07) is 6.73. The molecule has 0 spiro atoms. The van der Waals surface area contributed by atoms with Gasteiger partial charge in [-0.25, -0.2) is 0 Å². The highest BCUT2D eigenvalue weighted by Crippen LogP contribution is 2.14. The average molecular weight is 294 g/mol. The van der Waals surface area contributed by atoms with Gasteiger partial charge in [0, 0.05) is 20.0 Å². The van der Waals surface area contributed by atoms with Crippen LogP contribution in [0.25, 0.3) is 0 Å². The van der Waals surface area contributed by atoms with Crippen LogP contribution >= 0.6 is 0 Å². The van der Waals surface area contributed by atoms with Crippen molar-refractivity contribution < 1.29 is 19.4 Å². The van der Waals surface area contributed by atoms with Crippen molar-refractivity contribution in [1.82, 2.24) is 10.2 Å². The van der Waals surface area contributed by atoms with Crippen LogP contribution in [0.5, 0.6) is 5.75 Å². The molecule has 0 bridgehead atoms. The van der Waals surface area contributed by atoms with E-state index < -0.39 is 6.04 Å². The van der Waals surface area contributed by atoms with Crippen LogP contribution in [0.15, 0.2) is 24.3 Å². The Labute approximate surface area is 124 Å². The van der Waals surface area contributed by atoms with E-state index in [-0.39, 0.29) is 25.0 Å². The zero-order chi connectivity index (χ0) is 15.8. The van der Waals surface area contributed by atoms with Crippen molar-refractivity contribution >= 4 is 11.8 Å². The molecule has 6 heteroatoms. The summed E-state index contributed by atoms with van der Waals surface area (Å²) in [5, 5.41) is 11.3. The van der Waals surface area contributed by atoms with E-state index in [1.807, 2.05) is 24.3 Å². The summed E-state index contributed by atoms with van der Waals surface area (Å²) in [5.41, 5.74) is 0.910. The molecule has 0 saturated heterocycles. The number of nitrogens with one attached hydrogen (secondary N) is 1. The van der Waals surface area contributed by atoms with E-state index in [0.29, 0.717) is 6.54 Å². The number of nitrogens with zero attached hydrogens (tertiary/aromatic N) is 1. The lowest BCUT2D eigenvalue weighted by atomic mass is 10.1. The van der Waals surface area contributed by atoms with Gasteiger partial charge in [0.25, 0.3) is 0 Å². The second-order valence-electron chi connectivity index (χ2n) is 4.69. The average Bonchev–Trinajstić information content (AvgIpc) is 2.49. The number of amides is 2. The Balaban J connectivity index is 2.76. The third-order valence-electron chi connectivity index (χ3n) is 3.17. The van der Waals surface area contributed by atoms with Gasteiger partial charge >= 0.3 is 0 Å². The number of aliphatic hydroxyl groups excluding tert-OH is 1. The minimum Gasteiger partial charge on any atom is -0.497 e. The van der Waals surface area contributed by atoms with Crippen LogP contribution in [0.3, 0.4) is 0 Å². The molecule has 0 unspecified atom stereocenters. The Hall–Kier alpha value is -2.08. The molecule has 0 aromatic heterocycles. The number of methoxy groups -OCH3 is 1. The van der Waals surface area contributed by atoms with Crippen molar-refractivity contribution in [1.29, 1.82) is 0 Å². The Morgan fingerprint density at radius 1 is 1.33 bits per heavy atom. The molecule has 1 atom stereocenters. The molecule has 0 aliphatic rings. The highest BCUT2D eigenvalue weighted by molar-refractivity contribution is 5.86. The Kier molecular flexibility index (Phi) is 6.68. The molecule has 2 amide bonds. The number of benzene rings is 1. The number of carbonyl (C=O) groups is 2. The Morgan fingerprint density at radius 3 is 2.43 bits per heavy atom. The molecule has 0 saturated carbocycles. The predicted octanol–water partition coefficient (Wildman–Crippen LogP) is 0.541. The highest BCUT2D eigenvalue weighted by atomic mass is 16.5. The summed E-state index contributed by atoms with van der Waals surface area (Å²) >= 11 is 0. The summed E-state index contributed by atoms with van der Waals surface area (Å²) in [6.07, 6.45) is 0. The number of ether oxygens (including phenoxy) is 1. The fraction of sp³-hybridized carbons (Fsp3) is 0.467. The molecular formula is C15H22N2O4. The first-order chi connectivity index (χ1) is 9.99. The van der Waals surface area contributed by atoms with E-state index in [4.69, 9.17) is 9.84 Å². The second-order valence-corrected chi connectivity index (χ2v) is 4.69. The predicted molar refractivity (Wildman–Crippen MR) is 78.8 cm³/mol. The first-order valence-electron chi connectivity index (χ1n) is 6.78. The van der Waals surface area contributed by atoms with E-state index in [9.17, 15) is 9.59 Å². The Morgan fingerprint density at radius 2 is 1.95 bits per heavy atom. The van der Waals surface area contributed by atoms with Crippen LogP contribution in [0.1, 0.15) is 19.4 Å². The molecule has 21 heavy (non-hydrogen) atoms. The third-order valence-corrected chi connectivity index (χ3v) is 3.17. The van der Waals surface area contributed by atoms with Crippen LogP contribution in [0, 0.1) is 0 Å². The highest BCUT2D eigenvalue weighted by Gasteiger charge is 2.23. The van der Waals surface area contributed by atoms with Crippen LogP contribution in [0.2, 0.25) is 0 Å². The van der Waals surface area contributed by atoms with Crippen molar-refractivity contribution in [2.24, 2.45) is 0 Å². The SMILES string of the molecule is COc1ccc(CN(C(C)=O)[C@@H](C)C(=O)NCCO)cc1. The quantitative estimate of drug-likeness (QED) is 0.769. The van der Waals surface area contributed by atoms with Crippen LogP contribution in [-0.4, -0.2) is 48.1 Å².